The number of rotatable bonds is 3. The smallest absolute Gasteiger partial charge is 0.131 e. The summed E-state index contributed by atoms with van der Waals surface area (Å²) in [4.78, 5) is 0. The van der Waals surface area contributed by atoms with E-state index in [9.17, 15) is 8.78 Å². The molecule has 0 bridgehead atoms. The van der Waals surface area contributed by atoms with Gasteiger partial charge in [-0.25, -0.2) is 8.78 Å². The van der Waals surface area contributed by atoms with E-state index in [1.165, 1.54) is 0 Å². The van der Waals surface area contributed by atoms with Crippen LogP contribution < -0.4 is 5.32 Å². The van der Waals surface area contributed by atoms with Gasteiger partial charge >= 0.3 is 0 Å². The van der Waals surface area contributed by atoms with Gasteiger partial charge in [0.15, 0.2) is 0 Å². The van der Waals surface area contributed by atoms with Crippen LogP contribution in [0.15, 0.2) is 34.8 Å². The van der Waals surface area contributed by atoms with Gasteiger partial charge < -0.3 is 5.32 Å². The first-order valence-corrected chi connectivity index (χ1v) is 7.12. The topological polar surface area (TPSA) is 12.0 Å². The SMILES string of the molecule is CNC(c1ccc(C)c(Br)c1)c1cc(C)c(F)cc1F. The molecule has 1 atom stereocenters. The molecule has 0 aliphatic heterocycles. The van der Waals surface area contributed by atoms with E-state index >= 15 is 0 Å². The first-order chi connectivity index (χ1) is 9.43. The number of benzene rings is 2. The van der Waals surface area contributed by atoms with Crippen molar-refractivity contribution in [3.8, 4) is 0 Å². The molecule has 2 aromatic rings. The van der Waals surface area contributed by atoms with Crippen LogP contribution in [0.5, 0.6) is 0 Å². The van der Waals surface area contributed by atoms with Crippen molar-refractivity contribution >= 4 is 15.9 Å². The van der Waals surface area contributed by atoms with Crippen LogP contribution in [0.25, 0.3) is 0 Å². The van der Waals surface area contributed by atoms with Crippen molar-refractivity contribution in [2.24, 2.45) is 0 Å². The lowest BCUT2D eigenvalue weighted by atomic mass is 9.96. The van der Waals surface area contributed by atoms with E-state index in [-0.39, 0.29) is 6.04 Å². The Bertz CT molecular complexity index is 641. The highest BCUT2D eigenvalue weighted by Gasteiger charge is 2.18. The van der Waals surface area contributed by atoms with Crippen LogP contribution in [0.4, 0.5) is 8.78 Å². The average molecular weight is 340 g/mol. The first-order valence-electron chi connectivity index (χ1n) is 6.33. The molecule has 0 saturated heterocycles. The second-order valence-electron chi connectivity index (χ2n) is 4.85. The van der Waals surface area contributed by atoms with Crippen LogP contribution in [0.2, 0.25) is 0 Å². The van der Waals surface area contributed by atoms with E-state index in [2.05, 4.69) is 21.2 Å². The van der Waals surface area contributed by atoms with E-state index < -0.39 is 11.6 Å². The maximum absolute atomic E-state index is 14.0. The Morgan fingerprint density at radius 2 is 1.70 bits per heavy atom. The molecule has 0 heterocycles. The molecular weight excluding hydrogens is 324 g/mol. The highest BCUT2D eigenvalue weighted by Crippen LogP contribution is 2.29. The Morgan fingerprint density at radius 3 is 2.30 bits per heavy atom. The van der Waals surface area contributed by atoms with Crippen molar-refractivity contribution in [3.05, 3.63) is 68.7 Å². The Labute approximate surface area is 126 Å². The summed E-state index contributed by atoms with van der Waals surface area (Å²) < 4.78 is 28.4. The molecule has 0 spiro atoms. The van der Waals surface area contributed by atoms with Gasteiger partial charge in [0.2, 0.25) is 0 Å². The fourth-order valence-corrected chi connectivity index (χ4v) is 2.59. The molecule has 0 fully saturated rings. The van der Waals surface area contributed by atoms with Crippen molar-refractivity contribution < 1.29 is 8.78 Å². The van der Waals surface area contributed by atoms with Gasteiger partial charge in [-0.3, -0.25) is 0 Å². The zero-order valence-corrected chi connectivity index (χ0v) is 13.2. The van der Waals surface area contributed by atoms with Crippen molar-refractivity contribution in [1.82, 2.24) is 5.32 Å². The third kappa shape index (κ3) is 2.91. The number of hydrogen-bond donors (Lipinski definition) is 1. The van der Waals surface area contributed by atoms with Crippen LogP contribution in [-0.4, -0.2) is 7.05 Å². The fourth-order valence-electron chi connectivity index (χ4n) is 2.19. The van der Waals surface area contributed by atoms with Gasteiger partial charge in [0, 0.05) is 16.1 Å². The molecule has 20 heavy (non-hydrogen) atoms. The molecule has 4 heteroatoms. The van der Waals surface area contributed by atoms with Crippen LogP contribution in [0.3, 0.4) is 0 Å². The van der Waals surface area contributed by atoms with E-state index in [1.807, 2.05) is 25.1 Å². The van der Waals surface area contributed by atoms with Gasteiger partial charge in [0.1, 0.15) is 11.6 Å². The Morgan fingerprint density at radius 1 is 1.00 bits per heavy atom. The lowest BCUT2D eigenvalue weighted by molar-refractivity contribution is 0.547. The lowest BCUT2D eigenvalue weighted by Crippen LogP contribution is -2.19. The second-order valence-corrected chi connectivity index (χ2v) is 5.71. The third-order valence-electron chi connectivity index (χ3n) is 3.41. The summed E-state index contributed by atoms with van der Waals surface area (Å²) in [6.07, 6.45) is 0. The molecule has 2 rings (SSSR count). The maximum atomic E-state index is 14.0. The zero-order chi connectivity index (χ0) is 14.9. The van der Waals surface area contributed by atoms with Crippen molar-refractivity contribution in [1.29, 1.82) is 0 Å². The number of nitrogens with one attached hydrogen (secondary N) is 1. The molecule has 0 aliphatic rings. The molecule has 1 unspecified atom stereocenters. The van der Waals surface area contributed by atoms with Gasteiger partial charge in [0.05, 0.1) is 6.04 Å². The monoisotopic (exact) mass is 339 g/mol. The third-order valence-corrected chi connectivity index (χ3v) is 4.26. The highest BCUT2D eigenvalue weighted by atomic mass is 79.9. The molecule has 2 aromatic carbocycles. The Hall–Kier alpha value is -1.26. The minimum Gasteiger partial charge on any atom is -0.309 e. The van der Waals surface area contributed by atoms with E-state index in [0.717, 1.165) is 21.7 Å². The standard InChI is InChI=1S/C16H16BrF2N/c1-9-4-5-11(7-13(9)17)16(20-3)12-6-10(2)14(18)8-15(12)19/h4-8,16,20H,1-3H3. The molecule has 106 valence electrons. The lowest BCUT2D eigenvalue weighted by Gasteiger charge is -2.19. The summed E-state index contributed by atoms with van der Waals surface area (Å²) in [6, 6.07) is 8.05. The zero-order valence-electron chi connectivity index (χ0n) is 11.6. The van der Waals surface area contributed by atoms with Crippen LogP contribution in [0, 0.1) is 25.5 Å². The Kier molecular flexibility index (Phi) is 4.55. The number of hydrogen-bond acceptors (Lipinski definition) is 1. The van der Waals surface area contributed by atoms with Gasteiger partial charge in [-0.2, -0.15) is 0 Å². The summed E-state index contributed by atoms with van der Waals surface area (Å²) in [5, 5.41) is 3.09. The van der Waals surface area contributed by atoms with Gasteiger partial charge in [-0.1, -0.05) is 28.1 Å². The number of halogens is 3. The van der Waals surface area contributed by atoms with E-state index in [4.69, 9.17) is 0 Å². The molecule has 0 amide bonds. The fraction of sp³-hybridized carbons (Fsp3) is 0.250. The van der Waals surface area contributed by atoms with Crippen LogP contribution >= 0.6 is 15.9 Å². The average Bonchev–Trinajstić information content (AvgIpc) is 2.40. The van der Waals surface area contributed by atoms with Crippen molar-refractivity contribution in [3.63, 3.8) is 0 Å². The summed E-state index contributed by atoms with van der Waals surface area (Å²) in [5.41, 5.74) is 2.92. The predicted molar refractivity (Wildman–Crippen MR) is 80.9 cm³/mol. The summed E-state index contributed by atoms with van der Waals surface area (Å²) in [6.45, 7) is 3.63. The predicted octanol–water partition coefficient (Wildman–Crippen LogP) is 4.65. The molecule has 0 aromatic heterocycles. The minimum absolute atomic E-state index is 0.314. The van der Waals surface area contributed by atoms with Crippen LogP contribution in [-0.2, 0) is 0 Å². The van der Waals surface area contributed by atoms with Crippen molar-refractivity contribution in [2.45, 2.75) is 19.9 Å². The molecule has 0 saturated carbocycles. The largest absolute Gasteiger partial charge is 0.309 e. The molecular formula is C16H16BrF2N. The summed E-state index contributed by atoms with van der Waals surface area (Å²) >= 11 is 3.48. The Balaban J connectivity index is 2.52. The molecule has 0 aliphatic carbocycles. The second kappa shape index (κ2) is 6.02. The highest BCUT2D eigenvalue weighted by molar-refractivity contribution is 9.10. The molecule has 1 nitrogen and oxygen atoms in total. The minimum atomic E-state index is -0.538. The normalized spacial score (nSPS) is 12.5. The van der Waals surface area contributed by atoms with E-state index in [0.29, 0.717) is 11.1 Å². The van der Waals surface area contributed by atoms with Crippen molar-refractivity contribution in [2.75, 3.05) is 7.05 Å². The molecule has 0 radical (unpaired) electrons. The summed E-state index contributed by atoms with van der Waals surface area (Å²) in [7, 11) is 1.76. The van der Waals surface area contributed by atoms with Gasteiger partial charge in [0.25, 0.3) is 0 Å². The van der Waals surface area contributed by atoms with Crippen LogP contribution in [0.1, 0.15) is 28.3 Å². The van der Waals surface area contributed by atoms with Gasteiger partial charge in [-0.05, 0) is 49.7 Å². The first kappa shape index (κ1) is 15.1. The van der Waals surface area contributed by atoms with E-state index in [1.54, 1.807) is 20.0 Å². The molecule has 1 N–H and O–H groups in total. The maximum Gasteiger partial charge on any atom is 0.131 e. The summed E-state index contributed by atoms with van der Waals surface area (Å²) in [5.74, 6) is -1.06. The number of aryl methyl sites for hydroxylation is 2. The van der Waals surface area contributed by atoms with Gasteiger partial charge in [-0.15, -0.1) is 0 Å². The quantitative estimate of drug-likeness (QED) is 0.857.